The van der Waals surface area contributed by atoms with Crippen LogP contribution in [0.1, 0.15) is 26.7 Å². The summed E-state index contributed by atoms with van der Waals surface area (Å²) in [6, 6.07) is 0. The lowest BCUT2D eigenvalue weighted by molar-refractivity contribution is 0.117. The van der Waals surface area contributed by atoms with Crippen molar-refractivity contribution in [2.45, 2.75) is 39.0 Å². The van der Waals surface area contributed by atoms with E-state index in [0.717, 1.165) is 6.42 Å². The molecule has 0 spiro atoms. The fraction of sp³-hybridized carbons (Fsp3) is 1.00. The number of rotatable bonds is 5. The quantitative estimate of drug-likeness (QED) is 0.591. The van der Waals surface area contributed by atoms with Gasteiger partial charge in [0.15, 0.2) is 6.17 Å². The minimum atomic E-state index is -1.93. The zero-order valence-corrected chi connectivity index (χ0v) is 6.99. The van der Waals surface area contributed by atoms with Gasteiger partial charge in [0.05, 0.1) is 0 Å². The number of hydrogen-bond acceptors (Lipinski definition) is 0. The average molecular weight is 168 g/mol. The number of alkyl halides is 3. The molecule has 0 nitrogen and oxygen atoms in total. The van der Waals surface area contributed by atoms with Crippen molar-refractivity contribution in [3.8, 4) is 0 Å². The Kier molecular flexibility index (Phi) is 5.34. The van der Waals surface area contributed by atoms with Crippen LogP contribution in [0.25, 0.3) is 0 Å². The first-order chi connectivity index (χ1) is 5.11. The van der Waals surface area contributed by atoms with Gasteiger partial charge in [-0.2, -0.15) is 0 Å². The molecule has 68 valence electrons. The molecule has 0 amide bonds. The molecule has 0 radical (unpaired) electrons. The van der Waals surface area contributed by atoms with Crippen molar-refractivity contribution in [1.82, 2.24) is 0 Å². The van der Waals surface area contributed by atoms with E-state index in [4.69, 9.17) is 0 Å². The van der Waals surface area contributed by atoms with Gasteiger partial charge >= 0.3 is 0 Å². The Morgan fingerprint density at radius 1 is 1.18 bits per heavy atom. The van der Waals surface area contributed by atoms with E-state index < -0.39 is 19.0 Å². The van der Waals surface area contributed by atoms with Crippen LogP contribution in [0.3, 0.4) is 0 Å². The second-order valence-corrected chi connectivity index (χ2v) is 2.94. The maximum absolute atomic E-state index is 12.6. The maximum Gasteiger partial charge on any atom is 0.159 e. The molecular weight excluding hydrogens is 153 g/mol. The summed E-state index contributed by atoms with van der Waals surface area (Å²) in [6.45, 7) is 2.52. The van der Waals surface area contributed by atoms with E-state index in [1.54, 1.807) is 0 Å². The highest BCUT2D eigenvalue weighted by Crippen LogP contribution is 2.17. The summed E-state index contributed by atoms with van der Waals surface area (Å²) >= 11 is 0. The Balaban J connectivity index is 3.58. The van der Waals surface area contributed by atoms with E-state index in [1.807, 2.05) is 13.8 Å². The third-order valence-corrected chi connectivity index (χ3v) is 1.86. The predicted molar refractivity (Wildman–Crippen MR) is 39.8 cm³/mol. The summed E-state index contributed by atoms with van der Waals surface area (Å²) in [7, 11) is 0. The Morgan fingerprint density at radius 2 is 1.73 bits per heavy atom. The molecule has 0 aromatic heterocycles. The monoisotopic (exact) mass is 168 g/mol. The van der Waals surface area contributed by atoms with Gasteiger partial charge in [0.1, 0.15) is 12.8 Å². The summed E-state index contributed by atoms with van der Waals surface area (Å²) in [4.78, 5) is 0. The predicted octanol–water partition coefficient (Wildman–Crippen LogP) is 3.07. The van der Waals surface area contributed by atoms with Crippen LogP contribution in [-0.2, 0) is 0 Å². The van der Waals surface area contributed by atoms with E-state index in [0.29, 0.717) is 0 Å². The van der Waals surface area contributed by atoms with Gasteiger partial charge in [-0.15, -0.1) is 0 Å². The zero-order valence-electron chi connectivity index (χ0n) is 6.99. The van der Waals surface area contributed by atoms with Gasteiger partial charge in [-0.05, 0) is 12.3 Å². The Morgan fingerprint density at radius 3 is 2.09 bits per heavy atom. The van der Waals surface area contributed by atoms with Crippen LogP contribution < -0.4 is 0 Å². The molecule has 0 rings (SSSR count). The Bertz CT molecular complexity index is 95.3. The van der Waals surface area contributed by atoms with Crippen molar-refractivity contribution in [3.63, 3.8) is 0 Å². The highest BCUT2D eigenvalue weighted by molar-refractivity contribution is 4.69. The highest BCUT2D eigenvalue weighted by atomic mass is 19.2. The van der Waals surface area contributed by atoms with Crippen molar-refractivity contribution in [3.05, 3.63) is 0 Å². The maximum atomic E-state index is 12.6. The van der Waals surface area contributed by atoms with Gasteiger partial charge in [0, 0.05) is 0 Å². The van der Waals surface area contributed by atoms with Crippen LogP contribution in [-0.4, -0.2) is 19.0 Å². The minimum Gasteiger partial charge on any atom is -0.248 e. The van der Waals surface area contributed by atoms with E-state index in [2.05, 4.69) is 0 Å². The second-order valence-electron chi connectivity index (χ2n) is 2.94. The van der Waals surface area contributed by atoms with Crippen LogP contribution in [0.5, 0.6) is 0 Å². The Labute approximate surface area is 65.8 Å². The third-order valence-electron chi connectivity index (χ3n) is 1.86. The smallest absolute Gasteiger partial charge is 0.159 e. The Hall–Kier alpha value is -0.210. The molecule has 0 heterocycles. The fourth-order valence-electron chi connectivity index (χ4n) is 0.795. The molecule has 0 fully saturated rings. The lowest BCUT2D eigenvalue weighted by Crippen LogP contribution is -2.21. The van der Waals surface area contributed by atoms with Crippen molar-refractivity contribution < 1.29 is 13.2 Å². The lowest BCUT2D eigenvalue weighted by atomic mass is 10.00. The standard InChI is InChI=1S/C8H15F3/c1-3-6(2)4-7(10)8(11)5-9/h6-8H,3-5H2,1-2H3. The first-order valence-corrected chi connectivity index (χ1v) is 3.95. The van der Waals surface area contributed by atoms with E-state index in [1.165, 1.54) is 0 Å². The van der Waals surface area contributed by atoms with E-state index >= 15 is 0 Å². The van der Waals surface area contributed by atoms with Crippen LogP contribution in [0.4, 0.5) is 13.2 Å². The van der Waals surface area contributed by atoms with Crippen molar-refractivity contribution in [2.24, 2.45) is 5.92 Å². The summed E-state index contributed by atoms with van der Waals surface area (Å²) in [5.41, 5.74) is 0. The molecule has 0 aliphatic carbocycles. The average Bonchev–Trinajstić information content (AvgIpc) is 2.02. The highest BCUT2D eigenvalue weighted by Gasteiger charge is 2.21. The molecule has 0 N–H and O–H groups in total. The largest absolute Gasteiger partial charge is 0.248 e. The van der Waals surface area contributed by atoms with Gasteiger partial charge in [-0.25, -0.2) is 13.2 Å². The lowest BCUT2D eigenvalue weighted by Gasteiger charge is -2.14. The summed E-state index contributed by atoms with van der Waals surface area (Å²) < 4.78 is 36.5. The summed E-state index contributed by atoms with van der Waals surface area (Å²) in [6.07, 6.45) is -2.62. The molecule has 0 aromatic carbocycles. The normalized spacial score (nSPS) is 19.4. The third kappa shape index (κ3) is 4.27. The van der Waals surface area contributed by atoms with E-state index in [-0.39, 0.29) is 12.3 Å². The first-order valence-electron chi connectivity index (χ1n) is 3.95. The van der Waals surface area contributed by atoms with Crippen molar-refractivity contribution in [1.29, 1.82) is 0 Å². The molecule has 0 aliphatic heterocycles. The molecule has 3 heteroatoms. The molecule has 3 atom stereocenters. The van der Waals surface area contributed by atoms with Gasteiger partial charge in [0.25, 0.3) is 0 Å². The number of hydrogen-bond donors (Lipinski definition) is 0. The molecule has 0 aromatic rings. The molecule has 0 saturated carbocycles. The van der Waals surface area contributed by atoms with Gasteiger partial charge in [-0.3, -0.25) is 0 Å². The van der Waals surface area contributed by atoms with Gasteiger partial charge in [-0.1, -0.05) is 20.3 Å². The SMILES string of the molecule is CCC(C)CC(F)C(F)CF. The molecule has 3 unspecified atom stereocenters. The molecule has 11 heavy (non-hydrogen) atoms. The summed E-state index contributed by atoms with van der Waals surface area (Å²) in [5.74, 6) is 0.134. The van der Waals surface area contributed by atoms with Crippen molar-refractivity contribution in [2.75, 3.05) is 6.67 Å². The topological polar surface area (TPSA) is 0 Å². The van der Waals surface area contributed by atoms with E-state index in [9.17, 15) is 13.2 Å². The van der Waals surface area contributed by atoms with Crippen LogP contribution in [0.2, 0.25) is 0 Å². The zero-order chi connectivity index (χ0) is 8.85. The number of halogens is 3. The molecule has 0 aliphatic rings. The van der Waals surface area contributed by atoms with Gasteiger partial charge in [0.2, 0.25) is 0 Å². The molecule has 0 bridgehead atoms. The van der Waals surface area contributed by atoms with Crippen LogP contribution >= 0.6 is 0 Å². The second kappa shape index (κ2) is 5.44. The van der Waals surface area contributed by atoms with Crippen LogP contribution in [0, 0.1) is 5.92 Å². The fourth-order valence-corrected chi connectivity index (χ4v) is 0.795. The van der Waals surface area contributed by atoms with Crippen molar-refractivity contribution >= 4 is 0 Å². The molecular formula is C8H15F3. The van der Waals surface area contributed by atoms with Gasteiger partial charge < -0.3 is 0 Å². The first kappa shape index (κ1) is 10.8. The van der Waals surface area contributed by atoms with Crippen LogP contribution in [0.15, 0.2) is 0 Å². The minimum absolute atomic E-state index is 0.127. The molecule has 0 saturated heterocycles. The summed E-state index contributed by atoms with van der Waals surface area (Å²) in [5, 5.41) is 0.